The molecule has 6 nitrogen and oxygen atoms in total. The molecule has 0 atom stereocenters. The monoisotopic (exact) mass is 324 g/mol. The van der Waals surface area contributed by atoms with E-state index < -0.39 is 5.97 Å². The van der Waals surface area contributed by atoms with Gasteiger partial charge in [-0.3, -0.25) is 0 Å². The second-order valence-electron chi connectivity index (χ2n) is 5.32. The van der Waals surface area contributed by atoms with Crippen LogP contribution in [0.2, 0.25) is 0 Å². The number of carboxylic acid groups (broad SMARTS) is 1. The number of aromatic carboxylic acids is 1. The summed E-state index contributed by atoms with van der Waals surface area (Å²) in [5.41, 5.74) is 3.57. The van der Waals surface area contributed by atoms with Gasteiger partial charge < -0.3 is 5.11 Å². The standard InChI is InChI=1S/C16H12N4O2S/c1-8-6-9(2)17-14-13(8)15-18-10(12-4-3-5-23-12)7-11(16(21)22)20(15)19-14/h3-7H,1-2H3,(H,21,22). The van der Waals surface area contributed by atoms with Crippen LogP contribution < -0.4 is 0 Å². The molecule has 0 aliphatic rings. The van der Waals surface area contributed by atoms with Crippen LogP contribution in [0.1, 0.15) is 21.7 Å². The summed E-state index contributed by atoms with van der Waals surface area (Å²) in [5.74, 6) is -1.04. The minimum absolute atomic E-state index is 0.0773. The summed E-state index contributed by atoms with van der Waals surface area (Å²) in [4.78, 5) is 21.6. The molecule has 0 bridgehead atoms. The number of nitrogens with zero attached hydrogens (tertiary/aromatic N) is 4. The van der Waals surface area contributed by atoms with Crippen LogP contribution in [0.3, 0.4) is 0 Å². The predicted octanol–water partition coefficient (Wildman–Crippen LogP) is 3.32. The van der Waals surface area contributed by atoms with Crippen molar-refractivity contribution in [1.82, 2.24) is 19.6 Å². The topological polar surface area (TPSA) is 80.4 Å². The molecule has 0 saturated heterocycles. The number of rotatable bonds is 2. The van der Waals surface area contributed by atoms with Crippen molar-refractivity contribution in [3.63, 3.8) is 0 Å². The van der Waals surface area contributed by atoms with Gasteiger partial charge in [-0.25, -0.2) is 19.3 Å². The maximum absolute atomic E-state index is 11.7. The van der Waals surface area contributed by atoms with Crippen molar-refractivity contribution in [2.24, 2.45) is 0 Å². The minimum atomic E-state index is -1.04. The van der Waals surface area contributed by atoms with Crippen molar-refractivity contribution < 1.29 is 9.90 Å². The third kappa shape index (κ3) is 2.08. The van der Waals surface area contributed by atoms with Crippen LogP contribution in [-0.4, -0.2) is 30.7 Å². The molecule has 4 heterocycles. The van der Waals surface area contributed by atoms with E-state index in [9.17, 15) is 9.90 Å². The average Bonchev–Trinajstić information content (AvgIpc) is 3.12. The zero-order chi connectivity index (χ0) is 16.1. The van der Waals surface area contributed by atoms with Crippen molar-refractivity contribution in [3.8, 4) is 10.6 Å². The number of aryl methyl sites for hydroxylation is 2. The molecule has 4 aromatic heterocycles. The Balaban J connectivity index is 2.17. The van der Waals surface area contributed by atoms with Gasteiger partial charge in [-0.05, 0) is 43.0 Å². The smallest absolute Gasteiger partial charge is 0.354 e. The molecular formula is C16H12N4O2S. The van der Waals surface area contributed by atoms with E-state index >= 15 is 0 Å². The van der Waals surface area contributed by atoms with Crippen LogP contribution >= 0.6 is 11.3 Å². The summed E-state index contributed by atoms with van der Waals surface area (Å²) < 4.78 is 1.36. The van der Waals surface area contributed by atoms with Gasteiger partial charge in [-0.2, -0.15) is 0 Å². The highest BCUT2D eigenvalue weighted by Gasteiger charge is 2.19. The molecule has 0 aliphatic carbocycles. The molecule has 0 fully saturated rings. The van der Waals surface area contributed by atoms with Crippen molar-refractivity contribution in [1.29, 1.82) is 0 Å². The first-order chi connectivity index (χ1) is 11.0. The Kier molecular flexibility index (Phi) is 2.92. The Bertz CT molecular complexity index is 1070. The molecule has 4 aromatic rings. The Morgan fingerprint density at radius 3 is 2.78 bits per heavy atom. The summed E-state index contributed by atoms with van der Waals surface area (Å²) in [7, 11) is 0. The number of hydrogen-bond donors (Lipinski definition) is 1. The van der Waals surface area contributed by atoms with E-state index in [-0.39, 0.29) is 5.69 Å². The summed E-state index contributed by atoms with van der Waals surface area (Å²) in [6.45, 7) is 3.84. The molecule has 0 amide bonds. The minimum Gasteiger partial charge on any atom is -0.477 e. The number of fused-ring (bicyclic) bond motifs is 3. The van der Waals surface area contributed by atoms with Gasteiger partial charge in [-0.15, -0.1) is 16.4 Å². The maximum Gasteiger partial charge on any atom is 0.354 e. The Morgan fingerprint density at radius 2 is 2.09 bits per heavy atom. The fourth-order valence-corrected chi connectivity index (χ4v) is 3.41. The maximum atomic E-state index is 11.7. The van der Waals surface area contributed by atoms with E-state index in [0.29, 0.717) is 17.0 Å². The number of carbonyl (C=O) groups is 1. The highest BCUT2D eigenvalue weighted by molar-refractivity contribution is 7.13. The fourth-order valence-electron chi connectivity index (χ4n) is 2.72. The number of hydrogen-bond acceptors (Lipinski definition) is 5. The highest BCUT2D eigenvalue weighted by Crippen LogP contribution is 2.28. The second kappa shape index (κ2) is 4.85. The van der Waals surface area contributed by atoms with Gasteiger partial charge in [0, 0.05) is 5.69 Å². The number of carboxylic acids is 1. The van der Waals surface area contributed by atoms with Crippen LogP contribution in [-0.2, 0) is 0 Å². The summed E-state index contributed by atoms with van der Waals surface area (Å²) in [6, 6.07) is 7.33. The Hall–Kier alpha value is -2.80. The molecule has 0 radical (unpaired) electrons. The van der Waals surface area contributed by atoms with Gasteiger partial charge >= 0.3 is 5.97 Å². The molecule has 0 saturated carbocycles. The molecule has 4 rings (SSSR count). The van der Waals surface area contributed by atoms with Gasteiger partial charge in [0.15, 0.2) is 17.0 Å². The fraction of sp³-hybridized carbons (Fsp3) is 0.125. The zero-order valence-corrected chi connectivity index (χ0v) is 13.3. The van der Waals surface area contributed by atoms with E-state index in [1.165, 1.54) is 15.9 Å². The van der Waals surface area contributed by atoms with E-state index in [1.807, 2.05) is 37.4 Å². The van der Waals surface area contributed by atoms with E-state index in [4.69, 9.17) is 0 Å². The number of aromatic nitrogens is 4. The first kappa shape index (κ1) is 13.8. The lowest BCUT2D eigenvalue weighted by atomic mass is 10.2. The van der Waals surface area contributed by atoms with Gasteiger partial charge in [-0.1, -0.05) is 6.07 Å². The van der Waals surface area contributed by atoms with Crippen molar-refractivity contribution in [2.45, 2.75) is 13.8 Å². The zero-order valence-electron chi connectivity index (χ0n) is 12.4. The largest absolute Gasteiger partial charge is 0.477 e. The lowest BCUT2D eigenvalue weighted by molar-refractivity contribution is 0.0687. The van der Waals surface area contributed by atoms with Gasteiger partial charge in [0.2, 0.25) is 0 Å². The van der Waals surface area contributed by atoms with Crippen LogP contribution in [0.15, 0.2) is 29.6 Å². The SMILES string of the molecule is Cc1cc(C)c2c(n1)nn1c(C(=O)O)cc(-c3cccs3)nc21. The third-order valence-electron chi connectivity index (χ3n) is 3.67. The quantitative estimate of drug-likeness (QED) is 0.612. The molecule has 0 aliphatic heterocycles. The lowest BCUT2D eigenvalue weighted by Gasteiger charge is -2.04. The molecule has 23 heavy (non-hydrogen) atoms. The summed E-state index contributed by atoms with van der Waals surface area (Å²) >= 11 is 1.52. The molecule has 1 N–H and O–H groups in total. The molecule has 0 aromatic carbocycles. The molecule has 0 spiro atoms. The Labute approximate surface area is 135 Å². The lowest BCUT2D eigenvalue weighted by Crippen LogP contribution is -2.08. The average molecular weight is 324 g/mol. The van der Waals surface area contributed by atoms with E-state index in [0.717, 1.165) is 21.5 Å². The van der Waals surface area contributed by atoms with Crippen molar-refractivity contribution in [3.05, 3.63) is 46.6 Å². The molecule has 0 unspecified atom stereocenters. The van der Waals surface area contributed by atoms with Crippen molar-refractivity contribution in [2.75, 3.05) is 0 Å². The van der Waals surface area contributed by atoms with Crippen LogP contribution in [0, 0.1) is 13.8 Å². The van der Waals surface area contributed by atoms with Crippen LogP contribution in [0.25, 0.3) is 27.3 Å². The molecule has 7 heteroatoms. The highest BCUT2D eigenvalue weighted by atomic mass is 32.1. The third-order valence-corrected chi connectivity index (χ3v) is 4.56. The molecular weight excluding hydrogens is 312 g/mol. The van der Waals surface area contributed by atoms with Gasteiger partial charge in [0.1, 0.15) is 0 Å². The first-order valence-corrected chi connectivity index (χ1v) is 7.87. The van der Waals surface area contributed by atoms with Gasteiger partial charge in [0.05, 0.1) is 16.0 Å². The second-order valence-corrected chi connectivity index (χ2v) is 6.27. The summed E-state index contributed by atoms with van der Waals surface area (Å²) in [5, 5.41) is 16.6. The number of pyridine rings is 1. The number of thiophene rings is 1. The Morgan fingerprint density at radius 1 is 1.26 bits per heavy atom. The van der Waals surface area contributed by atoms with Gasteiger partial charge in [0.25, 0.3) is 0 Å². The van der Waals surface area contributed by atoms with Crippen LogP contribution in [0.4, 0.5) is 0 Å². The predicted molar refractivity (Wildman–Crippen MR) is 88.0 cm³/mol. The first-order valence-electron chi connectivity index (χ1n) is 6.99. The summed E-state index contributed by atoms with van der Waals surface area (Å²) in [6.07, 6.45) is 0. The van der Waals surface area contributed by atoms with E-state index in [1.54, 1.807) is 6.07 Å². The van der Waals surface area contributed by atoms with E-state index in [2.05, 4.69) is 15.1 Å². The van der Waals surface area contributed by atoms with Crippen LogP contribution in [0.5, 0.6) is 0 Å². The normalized spacial score (nSPS) is 11.4. The van der Waals surface area contributed by atoms with Crippen molar-refractivity contribution >= 4 is 34.0 Å². The molecule has 114 valence electrons.